The van der Waals surface area contributed by atoms with Gasteiger partial charge in [-0.3, -0.25) is 14.7 Å². The van der Waals surface area contributed by atoms with E-state index in [0.717, 1.165) is 44.1 Å². The van der Waals surface area contributed by atoms with Crippen LogP contribution in [0.1, 0.15) is 0 Å². The van der Waals surface area contributed by atoms with Gasteiger partial charge in [0.05, 0.1) is 18.9 Å². The van der Waals surface area contributed by atoms with Gasteiger partial charge in [0, 0.05) is 56.5 Å². The van der Waals surface area contributed by atoms with Crippen molar-refractivity contribution in [3.8, 4) is 11.3 Å². The van der Waals surface area contributed by atoms with Crippen LogP contribution in [0, 0.1) is 0 Å². The van der Waals surface area contributed by atoms with Crippen LogP contribution in [0.25, 0.3) is 16.8 Å². The molecule has 0 amide bonds. The first-order chi connectivity index (χ1) is 11.8. The van der Waals surface area contributed by atoms with Gasteiger partial charge in [0.25, 0.3) is 5.56 Å². The minimum Gasteiger partial charge on any atom is -0.379 e. The summed E-state index contributed by atoms with van der Waals surface area (Å²) >= 11 is 0. The zero-order chi connectivity index (χ0) is 16.4. The van der Waals surface area contributed by atoms with Gasteiger partial charge < -0.3 is 9.30 Å². The number of morpholine rings is 1. The van der Waals surface area contributed by atoms with Gasteiger partial charge in [-0.2, -0.15) is 5.10 Å². The molecule has 3 aromatic rings. The van der Waals surface area contributed by atoms with Gasteiger partial charge in [-0.25, -0.2) is 4.52 Å². The molecule has 124 valence electrons. The second kappa shape index (κ2) is 6.54. The fraction of sp³-hybridized carbons (Fsp3) is 0.353. The normalized spacial score (nSPS) is 15.8. The first-order valence-electron chi connectivity index (χ1n) is 8.10. The number of fused-ring (bicyclic) bond motifs is 1. The molecule has 0 aliphatic carbocycles. The zero-order valence-electron chi connectivity index (χ0n) is 13.3. The van der Waals surface area contributed by atoms with Crippen LogP contribution in [0.3, 0.4) is 0 Å². The molecule has 0 spiro atoms. The van der Waals surface area contributed by atoms with Gasteiger partial charge in [0.15, 0.2) is 0 Å². The smallest absolute Gasteiger partial charge is 0.276 e. The molecule has 1 fully saturated rings. The molecule has 1 saturated heterocycles. The molecule has 4 heterocycles. The fourth-order valence-electron chi connectivity index (χ4n) is 2.93. The second-order valence-electron chi connectivity index (χ2n) is 5.85. The zero-order valence-corrected chi connectivity index (χ0v) is 13.3. The summed E-state index contributed by atoms with van der Waals surface area (Å²) in [4.78, 5) is 19.1. The molecule has 0 saturated carbocycles. The third-order valence-corrected chi connectivity index (χ3v) is 4.32. The van der Waals surface area contributed by atoms with Crippen LogP contribution < -0.4 is 5.56 Å². The number of nitrogens with zero attached hydrogens (tertiary/aromatic N) is 5. The molecule has 1 aliphatic rings. The minimum absolute atomic E-state index is 0.0200. The first kappa shape index (κ1) is 15.0. The highest BCUT2D eigenvalue weighted by atomic mass is 16.5. The van der Waals surface area contributed by atoms with Crippen molar-refractivity contribution >= 4 is 5.52 Å². The van der Waals surface area contributed by atoms with E-state index in [1.165, 1.54) is 0 Å². The Kier molecular flexibility index (Phi) is 4.10. The molecule has 0 aromatic carbocycles. The average molecular weight is 325 g/mol. The van der Waals surface area contributed by atoms with E-state index < -0.39 is 0 Å². The standard InChI is InChI=1S/C17H19N5O2/c23-17-16-12-15(14-2-1-3-18-13-14)19-22(16)7-6-21(17)5-4-20-8-10-24-11-9-20/h1-3,6-7,12-13H,4-5,8-11H2. The second-order valence-corrected chi connectivity index (χ2v) is 5.85. The van der Waals surface area contributed by atoms with Gasteiger partial charge in [0.2, 0.25) is 0 Å². The molecule has 24 heavy (non-hydrogen) atoms. The van der Waals surface area contributed by atoms with Crippen LogP contribution in [0.15, 0.2) is 47.8 Å². The number of aromatic nitrogens is 4. The van der Waals surface area contributed by atoms with E-state index in [2.05, 4.69) is 15.0 Å². The van der Waals surface area contributed by atoms with Gasteiger partial charge in [-0.1, -0.05) is 0 Å². The van der Waals surface area contributed by atoms with E-state index >= 15 is 0 Å². The highest BCUT2D eigenvalue weighted by molar-refractivity contribution is 5.64. The van der Waals surface area contributed by atoms with Crippen LogP contribution >= 0.6 is 0 Å². The van der Waals surface area contributed by atoms with Crippen LogP contribution in [0.5, 0.6) is 0 Å². The molecule has 1 aliphatic heterocycles. The van der Waals surface area contributed by atoms with Crippen LogP contribution in [0.2, 0.25) is 0 Å². The van der Waals surface area contributed by atoms with Crippen molar-refractivity contribution in [2.45, 2.75) is 6.54 Å². The Morgan fingerprint density at radius 3 is 2.83 bits per heavy atom. The van der Waals surface area contributed by atoms with Crippen LogP contribution in [-0.4, -0.2) is 56.9 Å². The molecule has 0 bridgehead atoms. The SMILES string of the molecule is O=c1c2cc(-c3cccnc3)nn2ccn1CCN1CCOCC1. The maximum atomic E-state index is 12.7. The third-order valence-electron chi connectivity index (χ3n) is 4.32. The summed E-state index contributed by atoms with van der Waals surface area (Å²) in [7, 11) is 0. The Labute approximate surface area is 139 Å². The lowest BCUT2D eigenvalue weighted by molar-refractivity contribution is 0.0363. The molecular weight excluding hydrogens is 306 g/mol. The molecule has 0 unspecified atom stereocenters. The van der Waals surface area contributed by atoms with Crippen LogP contribution in [-0.2, 0) is 11.3 Å². The number of hydrogen-bond acceptors (Lipinski definition) is 5. The fourth-order valence-corrected chi connectivity index (χ4v) is 2.93. The number of rotatable bonds is 4. The van der Waals surface area contributed by atoms with Crippen molar-refractivity contribution in [1.82, 2.24) is 24.1 Å². The monoisotopic (exact) mass is 325 g/mol. The van der Waals surface area contributed by atoms with Crippen LogP contribution in [0.4, 0.5) is 0 Å². The number of hydrogen-bond donors (Lipinski definition) is 0. The van der Waals surface area contributed by atoms with E-state index in [9.17, 15) is 4.79 Å². The highest BCUT2D eigenvalue weighted by Crippen LogP contribution is 2.16. The maximum Gasteiger partial charge on any atom is 0.276 e. The Balaban J connectivity index is 1.59. The topological polar surface area (TPSA) is 64.7 Å². The summed E-state index contributed by atoms with van der Waals surface area (Å²) in [5.41, 5.74) is 2.22. The average Bonchev–Trinajstić information content (AvgIpc) is 3.08. The van der Waals surface area contributed by atoms with Crippen molar-refractivity contribution in [3.05, 3.63) is 53.3 Å². The molecule has 3 aromatic heterocycles. The van der Waals surface area contributed by atoms with Crippen molar-refractivity contribution in [2.75, 3.05) is 32.8 Å². The van der Waals surface area contributed by atoms with E-state index in [0.29, 0.717) is 12.1 Å². The lowest BCUT2D eigenvalue weighted by Gasteiger charge is -2.26. The Morgan fingerprint density at radius 2 is 2.04 bits per heavy atom. The summed E-state index contributed by atoms with van der Waals surface area (Å²) in [5, 5.41) is 4.47. The lowest BCUT2D eigenvalue weighted by atomic mass is 10.2. The van der Waals surface area contributed by atoms with E-state index in [4.69, 9.17) is 4.74 Å². The Bertz CT molecular complexity index is 881. The summed E-state index contributed by atoms with van der Waals surface area (Å²) in [6, 6.07) is 5.62. The Morgan fingerprint density at radius 1 is 1.17 bits per heavy atom. The number of pyridine rings is 1. The third kappa shape index (κ3) is 2.95. The van der Waals surface area contributed by atoms with E-state index in [1.54, 1.807) is 27.7 Å². The highest BCUT2D eigenvalue weighted by Gasteiger charge is 2.12. The predicted octanol–water partition coefficient (Wildman–Crippen LogP) is 0.890. The summed E-state index contributed by atoms with van der Waals surface area (Å²) in [6.45, 7) is 4.91. The Hall–Kier alpha value is -2.51. The van der Waals surface area contributed by atoms with Gasteiger partial charge >= 0.3 is 0 Å². The molecule has 0 N–H and O–H groups in total. The van der Waals surface area contributed by atoms with E-state index in [-0.39, 0.29) is 5.56 Å². The van der Waals surface area contributed by atoms with Gasteiger partial charge in [0.1, 0.15) is 5.52 Å². The van der Waals surface area contributed by atoms with Gasteiger partial charge in [-0.05, 0) is 18.2 Å². The first-order valence-corrected chi connectivity index (χ1v) is 8.10. The van der Waals surface area contributed by atoms with Crippen molar-refractivity contribution in [2.24, 2.45) is 0 Å². The van der Waals surface area contributed by atoms with Crippen molar-refractivity contribution < 1.29 is 4.74 Å². The molecule has 4 rings (SSSR count). The quantitative estimate of drug-likeness (QED) is 0.713. The summed E-state index contributed by atoms with van der Waals surface area (Å²) < 4.78 is 8.74. The summed E-state index contributed by atoms with van der Waals surface area (Å²) in [6.07, 6.45) is 7.10. The minimum atomic E-state index is -0.0200. The summed E-state index contributed by atoms with van der Waals surface area (Å²) in [5.74, 6) is 0. The largest absolute Gasteiger partial charge is 0.379 e. The molecular formula is C17H19N5O2. The molecule has 7 heteroatoms. The van der Waals surface area contributed by atoms with E-state index in [1.807, 2.05) is 24.4 Å². The number of ether oxygens (including phenoxy) is 1. The maximum absolute atomic E-state index is 12.7. The predicted molar refractivity (Wildman–Crippen MR) is 89.9 cm³/mol. The lowest BCUT2D eigenvalue weighted by Crippen LogP contribution is -2.39. The van der Waals surface area contributed by atoms with Crippen molar-refractivity contribution in [3.63, 3.8) is 0 Å². The molecule has 0 radical (unpaired) electrons. The van der Waals surface area contributed by atoms with Crippen molar-refractivity contribution in [1.29, 1.82) is 0 Å². The van der Waals surface area contributed by atoms with Gasteiger partial charge in [-0.15, -0.1) is 0 Å². The molecule has 7 nitrogen and oxygen atoms in total. The molecule has 0 atom stereocenters.